The SMILES string of the molecule is CC(C)(C)c1cc(C(=O)N2CS(=O)(=O)c3ccccc32)cc(S(C)(=O)=O)c1O. The number of nitrogens with zero attached hydrogens (tertiary/aromatic N) is 1. The summed E-state index contributed by atoms with van der Waals surface area (Å²) in [5.41, 5.74) is -0.114. The summed E-state index contributed by atoms with van der Waals surface area (Å²) in [4.78, 5) is 14.0. The number of hydrogen-bond donors (Lipinski definition) is 1. The first-order chi connectivity index (χ1) is 12.7. The van der Waals surface area contributed by atoms with Crippen LogP contribution in [0.1, 0.15) is 36.7 Å². The molecule has 0 saturated heterocycles. The van der Waals surface area contributed by atoms with E-state index in [2.05, 4.69) is 0 Å². The Kier molecular flexibility index (Phi) is 4.59. The van der Waals surface area contributed by atoms with Crippen LogP contribution in [-0.2, 0) is 25.1 Å². The maximum absolute atomic E-state index is 13.2. The number of fused-ring (bicyclic) bond motifs is 1. The van der Waals surface area contributed by atoms with E-state index in [1.54, 1.807) is 32.9 Å². The number of carbonyl (C=O) groups excluding carboxylic acids is 1. The first-order valence-electron chi connectivity index (χ1n) is 8.45. The van der Waals surface area contributed by atoms with Crippen molar-refractivity contribution >= 4 is 31.3 Å². The second kappa shape index (κ2) is 6.31. The molecular formula is C19H21NO6S2. The van der Waals surface area contributed by atoms with Crippen molar-refractivity contribution in [1.29, 1.82) is 0 Å². The van der Waals surface area contributed by atoms with Gasteiger partial charge in [0.05, 0.1) is 10.6 Å². The smallest absolute Gasteiger partial charge is 0.259 e. The topological polar surface area (TPSA) is 109 Å². The van der Waals surface area contributed by atoms with E-state index in [0.29, 0.717) is 0 Å². The fourth-order valence-corrected chi connectivity index (χ4v) is 5.48. The molecule has 1 N–H and O–H groups in total. The highest BCUT2D eigenvalue weighted by Crippen LogP contribution is 2.39. The molecule has 2 aromatic carbocycles. The highest BCUT2D eigenvalue weighted by molar-refractivity contribution is 7.92. The predicted octanol–water partition coefficient (Wildman–Crippen LogP) is 2.48. The van der Waals surface area contributed by atoms with Gasteiger partial charge in [-0.05, 0) is 29.7 Å². The normalized spacial score (nSPS) is 16.1. The van der Waals surface area contributed by atoms with Crippen molar-refractivity contribution in [2.45, 2.75) is 36.0 Å². The second-order valence-electron chi connectivity index (χ2n) is 7.84. The number of sulfone groups is 2. The third-order valence-electron chi connectivity index (χ3n) is 4.56. The fraction of sp³-hybridized carbons (Fsp3) is 0.316. The number of aromatic hydroxyl groups is 1. The van der Waals surface area contributed by atoms with Gasteiger partial charge < -0.3 is 5.11 Å². The van der Waals surface area contributed by atoms with Crippen LogP contribution < -0.4 is 4.90 Å². The minimum absolute atomic E-state index is 0.00458. The van der Waals surface area contributed by atoms with E-state index in [1.807, 2.05) is 0 Å². The number of anilines is 1. The van der Waals surface area contributed by atoms with Crippen LogP contribution in [0.3, 0.4) is 0 Å². The maximum Gasteiger partial charge on any atom is 0.259 e. The van der Waals surface area contributed by atoms with Crippen molar-refractivity contribution in [3.05, 3.63) is 47.5 Å². The molecule has 0 saturated carbocycles. The molecule has 0 fully saturated rings. The molecule has 150 valence electrons. The molecule has 7 nitrogen and oxygen atoms in total. The van der Waals surface area contributed by atoms with Gasteiger partial charge in [-0.15, -0.1) is 0 Å². The Hall–Kier alpha value is -2.39. The molecule has 1 heterocycles. The van der Waals surface area contributed by atoms with Crippen LogP contribution in [0.15, 0.2) is 46.2 Å². The Labute approximate surface area is 164 Å². The number of benzene rings is 2. The van der Waals surface area contributed by atoms with Crippen molar-refractivity contribution in [2.24, 2.45) is 0 Å². The van der Waals surface area contributed by atoms with Crippen LogP contribution in [0.4, 0.5) is 5.69 Å². The van der Waals surface area contributed by atoms with Crippen molar-refractivity contribution in [1.82, 2.24) is 0 Å². The third kappa shape index (κ3) is 3.40. The van der Waals surface area contributed by atoms with Gasteiger partial charge in [0.2, 0.25) is 0 Å². The quantitative estimate of drug-likeness (QED) is 0.795. The minimum atomic E-state index is -3.82. The van der Waals surface area contributed by atoms with Gasteiger partial charge in [-0.25, -0.2) is 16.8 Å². The zero-order chi connectivity index (χ0) is 21.1. The van der Waals surface area contributed by atoms with Gasteiger partial charge in [0.1, 0.15) is 16.5 Å². The zero-order valence-electron chi connectivity index (χ0n) is 15.9. The van der Waals surface area contributed by atoms with Crippen molar-refractivity contribution < 1.29 is 26.7 Å². The van der Waals surface area contributed by atoms with E-state index in [-0.39, 0.29) is 26.6 Å². The van der Waals surface area contributed by atoms with E-state index in [9.17, 15) is 26.7 Å². The first-order valence-corrected chi connectivity index (χ1v) is 12.0. The van der Waals surface area contributed by atoms with E-state index in [0.717, 1.165) is 17.2 Å². The number of hydrogen-bond acceptors (Lipinski definition) is 6. The van der Waals surface area contributed by atoms with E-state index < -0.39 is 42.6 Å². The van der Waals surface area contributed by atoms with Gasteiger partial charge in [-0.1, -0.05) is 32.9 Å². The van der Waals surface area contributed by atoms with E-state index >= 15 is 0 Å². The van der Waals surface area contributed by atoms with Crippen molar-refractivity contribution in [2.75, 3.05) is 17.0 Å². The molecule has 1 amide bonds. The molecule has 0 spiro atoms. The Morgan fingerprint density at radius 3 is 2.32 bits per heavy atom. The monoisotopic (exact) mass is 423 g/mol. The number of carbonyl (C=O) groups is 1. The molecule has 2 aromatic rings. The Morgan fingerprint density at radius 1 is 1.14 bits per heavy atom. The van der Waals surface area contributed by atoms with Crippen LogP contribution in [0.25, 0.3) is 0 Å². The largest absolute Gasteiger partial charge is 0.506 e. The molecule has 0 radical (unpaired) electrons. The number of para-hydroxylation sites is 1. The van der Waals surface area contributed by atoms with Gasteiger partial charge in [0.15, 0.2) is 19.7 Å². The van der Waals surface area contributed by atoms with Gasteiger partial charge in [-0.3, -0.25) is 9.69 Å². The summed E-state index contributed by atoms with van der Waals surface area (Å²) in [6.07, 6.45) is 0.943. The van der Waals surface area contributed by atoms with Crippen molar-refractivity contribution in [3.8, 4) is 5.75 Å². The summed E-state index contributed by atoms with van der Waals surface area (Å²) < 4.78 is 49.1. The first kappa shape index (κ1) is 20.3. The van der Waals surface area contributed by atoms with Crippen LogP contribution in [0, 0.1) is 0 Å². The molecule has 3 rings (SSSR count). The molecule has 0 aromatic heterocycles. The van der Waals surface area contributed by atoms with Crippen LogP contribution >= 0.6 is 0 Å². The summed E-state index contributed by atoms with van der Waals surface area (Å²) in [5, 5.41) is 10.5. The molecular weight excluding hydrogens is 402 g/mol. The van der Waals surface area contributed by atoms with Crippen LogP contribution in [0.2, 0.25) is 0 Å². The zero-order valence-corrected chi connectivity index (χ0v) is 17.6. The molecule has 9 heteroatoms. The van der Waals surface area contributed by atoms with E-state index in [1.165, 1.54) is 18.2 Å². The van der Waals surface area contributed by atoms with Gasteiger partial charge in [0, 0.05) is 17.4 Å². The lowest BCUT2D eigenvalue weighted by Gasteiger charge is -2.24. The Morgan fingerprint density at radius 2 is 1.75 bits per heavy atom. The highest BCUT2D eigenvalue weighted by atomic mass is 32.2. The van der Waals surface area contributed by atoms with Crippen molar-refractivity contribution in [3.63, 3.8) is 0 Å². The average molecular weight is 424 g/mol. The molecule has 0 atom stereocenters. The highest BCUT2D eigenvalue weighted by Gasteiger charge is 2.37. The van der Waals surface area contributed by atoms with E-state index in [4.69, 9.17) is 0 Å². The molecule has 0 bridgehead atoms. The van der Waals surface area contributed by atoms with Crippen LogP contribution in [0.5, 0.6) is 5.75 Å². The molecule has 1 aliphatic rings. The summed E-state index contributed by atoms with van der Waals surface area (Å²) in [6.45, 7) is 5.33. The number of phenolic OH excluding ortho intramolecular Hbond substituents is 1. The summed E-state index contributed by atoms with van der Waals surface area (Å²) in [7, 11) is -7.47. The third-order valence-corrected chi connectivity index (χ3v) is 7.29. The Bertz CT molecular complexity index is 1190. The van der Waals surface area contributed by atoms with Gasteiger partial charge in [-0.2, -0.15) is 0 Å². The molecule has 0 aliphatic carbocycles. The number of rotatable bonds is 2. The maximum atomic E-state index is 13.2. The predicted molar refractivity (Wildman–Crippen MR) is 105 cm³/mol. The number of phenols is 1. The standard InChI is InChI=1S/C19H21NO6S2/c1-19(2,3)13-9-12(10-16(17(13)21)27(4,23)24)18(22)20-11-28(25,26)15-8-6-5-7-14(15)20/h5-10,21H,11H2,1-4H3. The minimum Gasteiger partial charge on any atom is -0.506 e. The molecule has 1 aliphatic heterocycles. The van der Waals surface area contributed by atoms with Gasteiger partial charge >= 0.3 is 0 Å². The molecule has 28 heavy (non-hydrogen) atoms. The lowest BCUT2D eigenvalue weighted by atomic mass is 9.85. The lowest BCUT2D eigenvalue weighted by Crippen LogP contribution is -2.31. The number of amides is 1. The average Bonchev–Trinajstić information content (AvgIpc) is 2.84. The summed E-state index contributed by atoms with van der Waals surface area (Å²) >= 11 is 0. The molecule has 0 unspecified atom stereocenters. The lowest BCUT2D eigenvalue weighted by molar-refractivity contribution is 0.0991. The second-order valence-corrected chi connectivity index (χ2v) is 11.7. The summed E-state index contributed by atoms with van der Waals surface area (Å²) in [6, 6.07) is 8.66. The summed E-state index contributed by atoms with van der Waals surface area (Å²) in [5.74, 6) is -1.57. The fourth-order valence-electron chi connectivity index (χ4n) is 3.16. The Balaban J connectivity index is 2.21. The van der Waals surface area contributed by atoms with Gasteiger partial charge in [0.25, 0.3) is 5.91 Å². The van der Waals surface area contributed by atoms with Crippen LogP contribution in [-0.4, -0.2) is 40.0 Å².